The summed E-state index contributed by atoms with van der Waals surface area (Å²) in [5.74, 6) is 0.665. The van der Waals surface area contributed by atoms with E-state index in [4.69, 9.17) is 0 Å². The number of amides is 1. The maximum Gasteiger partial charge on any atom is 0.242 e. The van der Waals surface area contributed by atoms with Crippen LogP contribution in [-0.4, -0.2) is 23.8 Å². The van der Waals surface area contributed by atoms with Crippen LogP contribution in [0.15, 0.2) is 24.3 Å². The maximum absolute atomic E-state index is 12.2. The van der Waals surface area contributed by atoms with Gasteiger partial charge < -0.3 is 5.32 Å². The minimum absolute atomic E-state index is 0.00412. The zero-order valence-electron chi connectivity index (χ0n) is 11.5. The van der Waals surface area contributed by atoms with Gasteiger partial charge in [0.1, 0.15) is 6.04 Å². The lowest BCUT2D eigenvalue weighted by atomic mass is 10.1. The van der Waals surface area contributed by atoms with Gasteiger partial charge >= 0.3 is 0 Å². The topological polar surface area (TPSA) is 70.2 Å². The zero-order valence-corrected chi connectivity index (χ0v) is 11.5. The highest BCUT2D eigenvalue weighted by molar-refractivity contribution is 5.98. The summed E-state index contributed by atoms with van der Waals surface area (Å²) in [6, 6.07) is 7.23. The molecule has 5 heteroatoms. The molecule has 1 aromatic rings. The predicted octanol–water partition coefficient (Wildman–Crippen LogP) is 1.47. The fraction of sp³-hybridized carbons (Fsp3) is 0.467. The first kappa shape index (κ1) is 13.3. The fourth-order valence-corrected chi connectivity index (χ4v) is 2.61. The Morgan fingerprint density at radius 1 is 1.25 bits per heavy atom. The van der Waals surface area contributed by atoms with Crippen molar-refractivity contribution in [3.05, 3.63) is 29.8 Å². The van der Waals surface area contributed by atoms with Crippen molar-refractivity contribution in [3.8, 4) is 0 Å². The molecule has 1 saturated heterocycles. The van der Waals surface area contributed by atoms with Crippen LogP contribution in [0, 0.1) is 5.92 Å². The lowest BCUT2D eigenvalue weighted by Gasteiger charge is -2.11. The summed E-state index contributed by atoms with van der Waals surface area (Å²) >= 11 is 0. The lowest BCUT2D eigenvalue weighted by Crippen LogP contribution is -2.40. The van der Waals surface area contributed by atoms with Gasteiger partial charge in [-0.05, 0) is 44.2 Å². The Morgan fingerprint density at radius 3 is 2.75 bits per heavy atom. The SMILES string of the molecule is CC(=O)c1cccc(NC(=O)C2CC(C3CC3)NN2)c1. The van der Waals surface area contributed by atoms with Gasteiger partial charge in [0.2, 0.25) is 5.91 Å². The van der Waals surface area contributed by atoms with E-state index in [2.05, 4.69) is 16.2 Å². The van der Waals surface area contributed by atoms with E-state index < -0.39 is 0 Å². The third-order valence-electron chi connectivity index (χ3n) is 3.98. The summed E-state index contributed by atoms with van der Waals surface area (Å²) in [5, 5.41) is 2.87. The molecular weight excluding hydrogens is 254 g/mol. The summed E-state index contributed by atoms with van der Waals surface area (Å²) in [6.07, 6.45) is 3.34. The van der Waals surface area contributed by atoms with E-state index in [0.29, 0.717) is 17.3 Å². The average molecular weight is 273 g/mol. The maximum atomic E-state index is 12.2. The van der Waals surface area contributed by atoms with Crippen LogP contribution in [0.5, 0.6) is 0 Å². The van der Waals surface area contributed by atoms with Gasteiger partial charge in [-0.2, -0.15) is 0 Å². The summed E-state index contributed by atoms with van der Waals surface area (Å²) in [4.78, 5) is 23.5. The highest BCUT2D eigenvalue weighted by atomic mass is 16.2. The highest BCUT2D eigenvalue weighted by Crippen LogP contribution is 2.35. The molecule has 1 saturated carbocycles. The van der Waals surface area contributed by atoms with Crippen LogP contribution >= 0.6 is 0 Å². The van der Waals surface area contributed by atoms with Crippen LogP contribution in [0.4, 0.5) is 5.69 Å². The Labute approximate surface area is 118 Å². The van der Waals surface area contributed by atoms with Crippen LogP contribution in [0.2, 0.25) is 0 Å². The molecule has 2 atom stereocenters. The number of Topliss-reactive ketones (excluding diaryl/α,β-unsaturated/α-hetero) is 1. The van der Waals surface area contributed by atoms with E-state index in [-0.39, 0.29) is 17.7 Å². The third-order valence-corrected chi connectivity index (χ3v) is 3.98. The fourth-order valence-electron chi connectivity index (χ4n) is 2.61. The Balaban J connectivity index is 1.61. The van der Waals surface area contributed by atoms with Crippen LogP contribution in [0.25, 0.3) is 0 Å². The van der Waals surface area contributed by atoms with E-state index in [1.807, 2.05) is 0 Å². The van der Waals surface area contributed by atoms with Crippen LogP contribution < -0.4 is 16.2 Å². The highest BCUT2D eigenvalue weighted by Gasteiger charge is 2.38. The van der Waals surface area contributed by atoms with Gasteiger partial charge in [0.15, 0.2) is 5.78 Å². The first-order valence-electron chi connectivity index (χ1n) is 7.06. The van der Waals surface area contributed by atoms with Crippen molar-refractivity contribution in [2.45, 2.75) is 38.3 Å². The molecule has 2 fully saturated rings. The molecular formula is C15H19N3O2. The van der Waals surface area contributed by atoms with E-state index in [1.54, 1.807) is 24.3 Å². The number of hydrogen-bond acceptors (Lipinski definition) is 4. The summed E-state index contributed by atoms with van der Waals surface area (Å²) in [5.41, 5.74) is 7.53. The van der Waals surface area contributed by atoms with Crippen molar-refractivity contribution in [1.82, 2.24) is 10.9 Å². The molecule has 106 valence electrons. The molecule has 1 heterocycles. The van der Waals surface area contributed by atoms with E-state index in [1.165, 1.54) is 19.8 Å². The first-order chi connectivity index (χ1) is 9.63. The lowest BCUT2D eigenvalue weighted by molar-refractivity contribution is -0.117. The molecule has 5 nitrogen and oxygen atoms in total. The van der Waals surface area contributed by atoms with Gasteiger partial charge in [0.05, 0.1) is 0 Å². The smallest absolute Gasteiger partial charge is 0.242 e. The summed E-state index contributed by atoms with van der Waals surface area (Å²) in [6.45, 7) is 1.52. The van der Waals surface area contributed by atoms with Gasteiger partial charge in [-0.15, -0.1) is 0 Å². The van der Waals surface area contributed by atoms with E-state index in [9.17, 15) is 9.59 Å². The monoisotopic (exact) mass is 273 g/mol. The number of carbonyl (C=O) groups is 2. The Hall–Kier alpha value is -1.72. The molecule has 1 amide bonds. The predicted molar refractivity (Wildman–Crippen MR) is 76.3 cm³/mol. The number of carbonyl (C=O) groups excluding carboxylic acids is 2. The quantitative estimate of drug-likeness (QED) is 0.727. The molecule has 0 spiro atoms. The number of anilines is 1. The minimum Gasteiger partial charge on any atom is -0.325 e. The van der Waals surface area contributed by atoms with Gasteiger partial charge in [-0.3, -0.25) is 15.0 Å². The summed E-state index contributed by atoms with van der Waals surface area (Å²) in [7, 11) is 0. The Morgan fingerprint density at radius 2 is 2.05 bits per heavy atom. The summed E-state index contributed by atoms with van der Waals surface area (Å²) < 4.78 is 0. The second kappa shape index (κ2) is 5.34. The normalized spacial score (nSPS) is 25.4. The molecule has 0 aromatic heterocycles. The van der Waals surface area contributed by atoms with E-state index >= 15 is 0 Å². The molecule has 1 aromatic carbocycles. The van der Waals surface area contributed by atoms with Crippen LogP contribution in [0.1, 0.15) is 36.5 Å². The first-order valence-corrected chi connectivity index (χ1v) is 7.06. The zero-order chi connectivity index (χ0) is 14.1. The second-order valence-corrected chi connectivity index (χ2v) is 5.65. The van der Waals surface area contributed by atoms with Crippen molar-refractivity contribution in [2.24, 2.45) is 5.92 Å². The number of benzene rings is 1. The van der Waals surface area contributed by atoms with Crippen molar-refractivity contribution < 1.29 is 9.59 Å². The van der Waals surface area contributed by atoms with Crippen molar-refractivity contribution in [3.63, 3.8) is 0 Å². The molecule has 20 heavy (non-hydrogen) atoms. The third kappa shape index (κ3) is 2.89. The number of ketones is 1. The molecule has 0 bridgehead atoms. The molecule has 0 radical (unpaired) electrons. The Kier molecular flexibility index (Phi) is 3.54. The van der Waals surface area contributed by atoms with Crippen molar-refractivity contribution >= 4 is 17.4 Å². The van der Waals surface area contributed by atoms with Crippen LogP contribution in [-0.2, 0) is 4.79 Å². The Bertz CT molecular complexity index is 540. The number of rotatable bonds is 4. The molecule has 2 aliphatic rings. The average Bonchev–Trinajstić information content (AvgIpc) is 3.16. The van der Waals surface area contributed by atoms with Crippen LogP contribution in [0.3, 0.4) is 0 Å². The molecule has 1 aliphatic carbocycles. The van der Waals surface area contributed by atoms with Gasteiger partial charge in [0, 0.05) is 17.3 Å². The molecule has 1 aliphatic heterocycles. The van der Waals surface area contributed by atoms with Gasteiger partial charge in [-0.1, -0.05) is 12.1 Å². The molecule has 3 rings (SSSR count). The molecule has 3 N–H and O–H groups in total. The van der Waals surface area contributed by atoms with Gasteiger partial charge in [0.25, 0.3) is 0 Å². The molecule has 2 unspecified atom stereocenters. The van der Waals surface area contributed by atoms with E-state index in [0.717, 1.165) is 12.3 Å². The van der Waals surface area contributed by atoms with Crippen molar-refractivity contribution in [2.75, 3.05) is 5.32 Å². The second-order valence-electron chi connectivity index (χ2n) is 5.65. The van der Waals surface area contributed by atoms with Gasteiger partial charge in [-0.25, -0.2) is 5.43 Å². The number of nitrogens with one attached hydrogen (secondary N) is 3. The standard InChI is InChI=1S/C15H19N3O2/c1-9(19)11-3-2-4-12(7-11)16-15(20)14-8-13(17-18-14)10-5-6-10/h2-4,7,10,13-14,17-18H,5-6,8H2,1H3,(H,16,20). The number of hydrogen-bond donors (Lipinski definition) is 3. The largest absolute Gasteiger partial charge is 0.325 e. The number of hydrazine groups is 1. The minimum atomic E-state index is -0.207. The van der Waals surface area contributed by atoms with Crippen molar-refractivity contribution in [1.29, 1.82) is 0 Å².